The molecule has 0 heterocycles. The standard InChI is InChI=1S/C7H7F2N3S.C5H10.Nb/c8-5-2-1-4(3-6(5)9)11-7(10)12-13;1-5(2)3-4-5;/h2-3,7,11-12H,10H2;3-4H2,1-2H3;/q-2;;+2. The minimum absolute atomic E-state index is 0. The van der Waals surface area contributed by atoms with Crippen molar-refractivity contribution in [2.75, 3.05) is 5.32 Å². The van der Waals surface area contributed by atoms with Crippen LogP contribution in [-0.2, 0) is 35.2 Å². The van der Waals surface area contributed by atoms with Crippen LogP contribution in [0.3, 0.4) is 0 Å². The Balaban J connectivity index is 0.000000454. The molecule has 0 spiro atoms. The van der Waals surface area contributed by atoms with Crippen molar-refractivity contribution >= 4 is 18.5 Å². The van der Waals surface area contributed by atoms with Gasteiger partial charge in [-0.2, -0.15) is 6.07 Å². The van der Waals surface area contributed by atoms with Gasteiger partial charge in [0.25, 0.3) is 0 Å². The number of nitrogens with two attached hydrogens (primary N) is 1. The molecule has 105 valence electrons. The van der Waals surface area contributed by atoms with E-state index in [0.29, 0.717) is 0 Å². The van der Waals surface area contributed by atoms with Crippen LogP contribution in [0.5, 0.6) is 0 Å². The van der Waals surface area contributed by atoms with Crippen molar-refractivity contribution in [1.29, 1.82) is 0 Å². The number of hydrogen-bond acceptors (Lipinski definition) is 4. The summed E-state index contributed by atoms with van der Waals surface area (Å²) >= 11 is 4.41. The van der Waals surface area contributed by atoms with Gasteiger partial charge in [0.05, 0.1) is 5.82 Å². The third kappa shape index (κ3) is 7.91. The first kappa shape index (κ1) is 18.9. The second-order valence-electron chi connectivity index (χ2n) is 4.95. The molecular weight excluding hydrogens is 349 g/mol. The number of hydrogen-bond donors (Lipinski definition) is 3. The Morgan fingerprint density at radius 1 is 1.37 bits per heavy atom. The van der Waals surface area contributed by atoms with Crippen molar-refractivity contribution in [3.8, 4) is 0 Å². The molecule has 0 bridgehead atoms. The van der Waals surface area contributed by atoms with Gasteiger partial charge in [0.2, 0.25) is 0 Å². The number of nitrogens with one attached hydrogen (secondary N) is 2. The van der Waals surface area contributed by atoms with Crippen LogP contribution in [0.25, 0.3) is 0 Å². The first-order valence-electron chi connectivity index (χ1n) is 5.60. The summed E-state index contributed by atoms with van der Waals surface area (Å²) < 4.78 is 27.3. The Morgan fingerprint density at radius 2 is 1.89 bits per heavy atom. The molecule has 1 aromatic carbocycles. The first-order chi connectivity index (χ1) is 8.34. The number of halogens is 2. The van der Waals surface area contributed by atoms with E-state index < -0.39 is 17.9 Å². The van der Waals surface area contributed by atoms with Gasteiger partial charge in [-0.3, -0.25) is 4.39 Å². The summed E-state index contributed by atoms with van der Waals surface area (Å²) in [5.74, 6) is -1.91. The van der Waals surface area contributed by atoms with Crippen LogP contribution in [0.4, 0.5) is 14.5 Å². The van der Waals surface area contributed by atoms with Crippen LogP contribution in [-0.4, -0.2) is 6.29 Å². The average molecular weight is 366 g/mol. The van der Waals surface area contributed by atoms with Gasteiger partial charge in [-0.25, -0.2) is 4.39 Å². The Hall–Kier alpha value is -0.110. The first-order valence-corrected chi connectivity index (χ1v) is 6.01. The number of rotatable bonds is 3. The molecule has 0 aliphatic heterocycles. The van der Waals surface area contributed by atoms with Crippen molar-refractivity contribution < 1.29 is 31.2 Å². The van der Waals surface area contributed by atoms with Crippen molar-refractivity contribution in [2.45, 2.75) is 33.0 Å². The smallest absolute Gasteiger partial charge is 0.702 e. The van der Waals surface area contributed by atoms with Gasteiger partial charge in [0, 0.05) is 5.82 Å². The summed E-state index contributed by atoms with van der Waals surface area (Å²) in [5, 5.41) is 2.56. The third-order valence-electron chi connectivity index (χ3n) is 2.54. The predicted octanol–water partition coefficient (Wildman–Crippen LogP) is 2.27. The van der Waals surface area contributed by atoms with E-state index in [2.05, 4.69) is 42.8 Å². The molecular formula is C12H17F2N3NbS. The summed E-state index contributed by atoms with van der Waals surface area (Å²) in [5.41, 5.74) is 6.32. The van der Waals surface area contributed by atoms with E-state index in [9.17, 15) is 8.78 Å². The maximum atomic E-state index is 12.6. The van der Waals surface area contributed by atoms with E-state index in [1.165, 1.54) is 12.8 Å². The molecule has 3 nitrogen and oxygen atoms in total. The molecule has 1 aliphatic rings. The normalized spacial score (nSPS) is 16.5. The molecule has 1 aliphatic carbocycles. The zero-order chi connectivity index (χ0) is 13.8. The minimum atomic E-state index is -0.960. The summed E-state index contributed by atoms with van der Waals surface area (Å²) in [6, 6.07) is 4.28. The summed E-state index contributed by atoms with van der Waals surface area (Å²) in [6.45, 7) is 4.60. The molecule has 0 saturated heterocycles. The van der Waals surface area contributed by atoms with Gasteiger partial charge in [0.15, 0.2) is 0 Å². The molecule has 1 atom stereocenters. The van der Waals surface area contributed by atoms with Crippen molar-refractivity contribution in [1.82, 2.24) is 4.72 Å². The van der Waals surface area contributed by atoms with Gasteiger partial charge in [0.1, 0.15) is 6.29 Å². The maximum Gasteiger partial charge on any atom is 2.00 e. The molecule has 1 aromatic rings. The topological polar surface area (TPSA) is 50.1 Å². The van der Waals surface area contributed by atoms with Crippen molar-refractivity contribution in [2.24, 2.45) is 11.1 Å². The molecule has 2 rings (SSSR count). The molecule has 1 unspecified atom stereocenters. The second-order valence-corrected chi connectivity index (χ2v) is 5.18. The van der Waals surface area contributed by atoms with Gasteiger partial charge in [-0.15, -0.1) is 12.1 Å². The molecule has 1 radical (unpaired) electrons. The van der Waals surface area contributed by atoms with E-state index in [-0.39, 0.29) is 28.1 Å². The number of anilines is 1. The largest absolute Gasteiger partial charge is 2.00 e. The van der Waals surface area contributed by atoms with Gasteiger partial charge < -0.3 is 28.6 Å². The summed E-state index contributed by atoms with van der Waals surface area (Å²) in [6.07, 6.45) is 2.20. The molecule has 0 amide bonds. The predicted molar refractivity (Wildman–Crippen MR) is 70.3 cm³/mol. The van der Waals surface area contributed by atoms with Gasteiger partial charge in [-0.1, -0.05) is 19.5 Å². The molecule has 0 aromatic heterocycles. The van der Waals surface area contributed by atoms with Gasteiger partial charge in [-0.05, 0) is 18.3 Å². The summed E-state index contributed by atoms with van der Waals surface area (Å²) in [4.78, 5) is 0. The van der Waals surface area contributed by atoms with Crippen LogP contribution in [0.15, 0.2) is 12.1 Å². The Kier molecular flexibility index (Phi) is 8.19. The monoisotopic (exact) mass is 366 g/mol. The Labute approximate surface area is 133 Å². The second kappa shape index (κ2) is 8.24. The molecule has 1 saturated carbocycles. The molecule has 4 N–H and O–H groups in total. The Morgan fingerprint density at radius 3 is 2.26 bits per heavy atom. The average Bonchev–Trinajstić information content (AvgIpc) is 3.00. The zero-order valence-corrected chi connectivity index (χ0v) is 13.9. The van der Waals surface area contributed by atoms with Crippen LogP contribution < -0.4 is 15.8 Å². The van der Waals surface area contributed by atoms with Crippen LogP contribution in [0.2, 0.25) is 0 Å². The fraction of sp³-hybridized carbons (Fsp3) is 0.500. The van der Waals surface area contributed by atoms with E-state index in [1.807, 2.05) is 0 Å². The fourth-order valence-electron chi connectivity index (χ4n) is 0.978. The molecule has 7 heteroatoms. The minimum Gasteiger partial charge on any atom is -0.702 e. The summed E-state index contributed by atoms with van der Waals surface area (Å²) in [7, 11) is 0. The third-order valence-corrected chi connectivity index (χ3v) is 2.80. The van der Waals surface area contributed by atoms with Crippen molar-refractivity contribution in [3.63, 3.8) is 0 Å². The molecule has 1 fully saturated rings. The quantitative estimate of drug-likeness (QED) is 0.333. The van der Waals surface area contributed by atoms with E-state index in [4.69, 9.17) is 5.73 Å². The van der Waals surface area contributed by atoms with Crippen molar-refractivity contribution in [3.05, 3.63) is 29.8 Å². The maximum absolute atomic E-state index is 12.6. The van der Waals surface area contributed by atoms with Crippen LogP contribution >= 0.6 is 0 Å². The van der Waals surface area contributed by atoms with Crippen LogP contribution in [0, 0.1) is 23.1 Å². The number of benzene rings is 1. The van der Waals surface area contributed by atoms with E-state index >= 15 is 0 Å². The molecule has 19 heavy (non-hydrogen) atoms. The van der Waals surface area contributed by atoms with E-state index in [0.717, 1.165) is 17.5 Å². The Bertz CT molecular complexity index is 399. The fourth-order valence-corrected chi connectivity index (χ4v) is 1.04. The van der Waals surface area contributed by atoms with Crippen LogP contribution in [0.1, 0.15) is 26.7 Å². The SMILES string of the molecule is CC1(C)CC1.NC(N[S-])Nc1[c-]cc(F)c(F)c1.[Nb+2]. The van der Waals surface area contributed by atoms with Gasteiger partial charge >= 0.3 is 22.4 Å². The zero-order valence-electron chi connectivity index (χ0n) is 10.8. The van der Waals surface area contributed by atoms with E-state index in [1.54, 1.807) is 0 Å².